The van der Waals surface area contributed by atoms with Crippen LogP contribution in [0.3, 0.4) is 0 Å². The lowest BCUT2D eigenvalue weighted by molar-refractivity contribution is -0.151. The zero-order valence-electron chi connectivity index (χ0n) is 25.2. The van der Waals surface area contributed by atoms with Gasteiger partial charge < -0.3 is 25.0 Å². The van der Waals surface area contributed by atoms with Crippen LogP contribution in [0.1, 0.15) is 59.8 Å². The lowest BCUT2D eigenvalue weighted by Gasteiger charge is -2.50. The SMILES string of the molecule is C=CC(=O)N1CCOC2NN(C3CCC(C(C)C)C(O)N3)C3CCN(C(=O)C4CCC(Br)C(C)C4NCC)C(C1)C23. The van der Waals surface area contributed by atoms with Crippen molar-refractivity contribution in [1.82, 2.24) is 30.9 Å². The van der Waals surface area contributed by atoms with Crippen molar-refractivity contribution < 1.29 is 19.4 Å². The van der Waals surface area contributed by atoms with Gasteiger partial charge in [0.25, 0.3) is 0 Å². The monoisotopic (exact) mass is 638 g/mol. The van der Waals surface area contributed by atoms with Crippen molar-refractivity contribution in [3.63, 3.8) is 0 Å². The van der Waals surface area contributed by atoms with Crippen LogP contribution in [-0.2, 0) is 14.3 Å². The Morgan fingerprint density at radius 2 is 1.95 bits per heavy atom. The van der Waals surface area contributed by atoms with Gasteiger partial charge in [0, 0.05) is 48.4 Å². The molecular formula is C30H51BrN6O4. The third-order valence-corrected chi connectivity index (χ3v) is 11.9. The quantitative estimate of drug-likeness (QED) is 0.258. The summed E-state index contributed by atoms with van der Waals surface area (Å²) in [4.78, 5) is 31.6. The number of rotatable bonds is 6. The van der Waals surface area contributed by atoms with Crippen molar-refractivity contribution in [1.29, 1.82) is 0 Å². The van der Waals surface area contributed by atoms with E-state index in [-0.39, 0.29) is 60.1 Å². The molecular weight excluding hydrogens is 588 g/mol. The summed E-state index contributed by atoms with van der Waals surface area (Å²) >= 11 is 3.85. The fraction of sp³-hybridized carbons (Fsp3) is 0.867. The second-order valence-corrected chi connectivity index (χ2v) is 14.3. The van der Waals surface area contributed by atoms with E-state index in [0.29, 0.717) is 42.9 Å². The summed E-state index contributed by atoms with van der Waals surface area (Å²) in [6, 6.07) is 0.0499. The van der Waals surface area contributed by atoms with Gasteiger partial charge in [-0.1, -0.05) is 50.2 Å². The molecule has 0 spiro atoms. The Kier molecular flexibility index (Phi) is 10.2. The van der Waals surface area contributed by atoms with Gasteiger partial charge in [0.15, 0.2) is 0 Å². The molecule has 10 nitrogen and oxygen atoms in total. The maximum Gasteiger partial charge on any atom is 0.246 e. The molecule has 4 saturated heterocycles. The molecule has 232 valence electrons. The fourth-order valence-corrected chi connectivity index (χ4v) is 8.90. The Balaban J connectivity index is 1.42. The van der Waals surface area contributed by atoms with Crippen LogP contribution in [0, 0.1) is 29.6 Å². The standard InChI is InChI=1S/C30H51BrN6O4/c1-6-25(38)35-14-15-41-29-26-22(37(34-29)24-11-9-19(17(3)4)28(39)33-24)12-13-36(23(26)16-35)30(40)20-8-10-21(31)18(5)27(20)32-7-2/h6,17-24,26-29,32-34,39H,1,7-16H2,2-5H3. The van der Waals surface area contributed by atoms with Gasteiger partial charge in [-0.25, -0.2) is 10.4 Å². The van der Waals surface area contributed by atoms with Crippen LogP contribution in [-0.4, -0.2) is 106 Å². The van der Waals surface area contributed by atoms with Crippen LogP contribution >= 0.6 is 15.9 Å². The third kappa shape index (κ3) is 6.14. The number of alkyl halides is 1. The van der Waals surface area contributed by atoms with Gasteiger partial charge in [0.05, 0.1) is 24.7 Å². The number of hydrogen-bond acceptors (Lipinski definition) is 8. The molecule has 11 atom stereocenters. The topological polar surface area (TPSA) is 109 Å². The van der Waals surface area contributed by atoms with E-state index in [4.69, 9.17) is 4.74 Å². The average molecular weight is 640 g/mol. The van der Waals surface area contributed by atoms with Crippen LogP contribution in [0.4, 0.5) is 0 Å². The molecule has 1 saturated carbocycles. The maximum atomic E-state index is 14.5. The molecule has 11 unspecified atom stereocenters. The molecule has 0 aromatic heterocycles. The highest BCUT2D eigenvalue weighted by Gasteiger charge is 2.56. The molecule has 11 heteroatoms. The third-order valence-electron chi connectivity index (χ3n) is 10.6. The van der Waals surface area contributed by atoms with E-state index in [1.54, 1.807) is 4.90 Å². The number of halogens is 1. The van der Waals surface area contributed by atoms with Crippen LogP contribution in [0.2, 0.25) is 0 Å². The number of aliphatic hydroxyl groups is 1. The summed E-state index contributed by atoms with van der Waals surface area (Å²) in [7, 11) is 0. The average Bonchev–Trinajstić information content (AvgIpc) is 3.31. The van der Waals surface area contributed by atoms with E-state index in [1.165, 1.54) is 6.08 Å². The number of nitrogens with one attached hydrogen (secondary N) is 3. The smallest absolute Gasteiger partial charge is 0.246 e. The van der Waals surface area contributed by atoms with Crippen LogP contribution in [0.5, 0.6) is 0 Å². The molecule has 41 heavy (non-hydrogen) atoms. The highest BCUT2D eigenvalue weighted by molar-refractivity contribution is 9.09. The van der Waals surface area contributed by atoms with E-state index in [0.717, 1.165) is 38.6 Å². The Labute approximate surface area is 254 Å². The van der Waals surface area contributed by atoms with Gasteiger partial charge in [-0.15, -0.1) is 0 Å². The minimum atomic E-state index is -0.558. The number of hydrazine groups is 1. The van der Waals surface area contributed by atoms with Crippen LogP contribution in [0.15, 0.2) is 12.7 Å². The number of aliphatic hydroxyl groups excluding tert-OH is 1. The molecule has 5 fully saturated rings. The molecule has 0 radical (unpaired) electrons. The zero-order chi connectivity index (χ0) is 29.4. The molecule has 0 bridgehead atoms. The number of hydrogen-bond donors (Lipinski definition) is 4. The summed E-state index contributed by atoms with van der Waals surface area (Å²) in [5, 5.41) is 20.3. The largest absolute Gasteiger partial charge is 0.378 e. The highest BCUT2D eigenvalue weighted by Crippen LogP contribution is 2.41. The molecule has 4 heterocycles. The van der Waals surface area contributed by atoms with Gasteiger partial charge in [0.1, 0.15) is 12.5 Å². The first kappa shape index (κ1) is 31.3. The van der Waals surface area contributed by atoms with Crippen molar-refractivity contribution in [3.8, 4) is 0 Å². The Morgan fingerprint density at radius 3 is 2.63 bits per heavy atom. The number of piperidine rings is 2. The van der Waals surface area contributed by atoms with E-state index >= 15 is 0 Å². The lowest BCUT2D eigenvalue weighted by atomic mass is 9.75. The van der Waals surface area contributed by atoms with Gasteiger partial charge >= 0.3 is 0 Å². The van der Waals surface area contributed by atoms with E-state index in [1.807, 2.05) is 0 Å². The van der Waals surface area contributed by atoms with E-state index < -0.39 is 6.23 Å². The summed E-state index contributed by atoms with van der Waals surface area (Å²) in [5.41, 5.74) is 3.66. The first-order chi connectivity index (χ1) is 19.7. The van der Waals surface area contributed by atoms with Crippen molar-refractivity contribution in [3.05, 3.63) is 12.7 Å². The Morgan fingerprint density at radius 1 is 1.17 bits per heavy atom. The first-order valence-corrected chi connectivity index (χ1v) is 16.8. The number of ether oxygens (including phenoxy) is 1. The number of carbonyl (C=O) groups excluding carboxylic acids is 2. The van der Waals surface area contributed by atoms with Gasteiger partial charge in [-0.3, -0.25) is 14.9 Å². The van der Waals surface area contributed by atoms with Crippen molar-refractivity contribution in [2.45, 2.75) is 101 Å². The Bertz CT molecular complexity index is 956. The molecule has 0 aromatic carbocycles. The predicted molar refractivity (Wildman–Crippen MR) is 161 cm³/mol. The predicted octanol–water partition coefficient (Wildman–Crippen LogP) is 1.85. The molecule has 2 amide bonds. The molecule has 0 aromatic rings. The van der Waals surface area contributed by atoms with Crippen molar-refractivity contribution >= 4 is 27.7 Å². The molecule has 5 aliphatic rings. The highest BCUT2D eigenvalue weighted by atomic mass is 79.9. The second-order valence-electron chi connectivity index (χ2n) is 13.1. The number of carbonyl (C=O) groups is 2. The molecule has 1 aliphatic carbocycles. The lowest BCUT2D eigenvalue weighted by Crippen LogP contribution is -2.65. The maximum absolute atomic E-state index is 14.5. The molecule has 4 aliphatic heterocycles. The van der Waals surface area contributed by atoms with Gasteiger partial charge in [0.2, 0.25) is 11.8 Å². The van der Waals surface area contributed by atoms with Gasteiger partial charge in [-0.2, -0.15) is 0 Å². The molecule has 5 rings (SSSR count). The number of amides is 2. The number of nitrogens with zero attached hydrogens (tertiary/aromatic N) is 3. The second kappa shape index (κ2) is 13.3. The zero-order valence-corrected chi connectivity index (χ0v) is 26.8. The van der Waals surface area contributed by atoms with E-state index in [9.17, 15) is 14.7 Å². The fourth-order valence-electron chi connectivity index (χ4n) is 8.31. The van der Waals surface area contributed by atoms with E-state index in [2.05, 4.69) is 76.2 Å². The van der Waals surface area contributed by atoms with Crippen LogP contribution < -0.4 is 16.1 Å². The first-order valence-electron chi connectivity index (χ1n) is 15.9. The minimum Gasteiger partial charge on any atom is -0.378 e. The minimum absolute atomic E-state index is 0.00241. The van der Waals surface area contributed by atoms with Crippen LogP contribution in [0.25, 0.3) is 0 Å². The molecule has 4 N–H and O–H groups in total. The normalized spacial score (nSPS) is 42.0. The van der Waals surface area contributed by atoms with Crippen molar-refractivity contribution in [2.24, 2.45) is 29.6 Å². The van der Waals surface area contributed by atoms with Gasteiger partial charge in [-0.05, 0) is 56.6 Å². The summed E-state index contributed by atoms with van der Waals surface area (Å²) in [6.45, 7) is 15.2. The number of likely N-dealkylation sites (tertiary alicyclic amines) is 1. The Hall–Kier alpha value is -1.08. The summed E-state index contributed by atoms with van der Waals surface area (Å²) in [6.07, 6.45) is 5.03. The summed E-state index contributed by atoms with van der Waals surface area (Å²) in [5.74, 6) is 0.939. The van der Waals surface area contributed by atoms with Crippen molar-refractivity contribution in [2.75, 3.05) is 32.8 Å². The summed E-state index contributed by atoms with van der Waals surface area (Å²) < 4.78 is 6.41.